The van der Waals surface area contributed by atoms with Crippen molar-refractivity contribution in [1.29, 1.82) is 0 Å². The zero-order valence-electron chi connectivity index (χ0n) is 38.5. The van der Waals surface area contributed by atoms with E-state index < -0.39 is 33.8 Å². The number of carbonyl (C=O) groups is 4. The fourth-order valence-corrected chi connectivity index (χ4v) is 12.2. The normalized spacial score (nSPS) is 21.0. The molecule has 0 bridgehead atoms. The maximum atomic E-state index is 13.4. The minimum Gasteiger partial charge on any atom is -0.494 e. The van der Waals surface area contributed by atoms with E-state index in [1.165, 1.54) is 10.6 Å². The van der Waals surface area contributed by atoms with Crippen LogP contribution in [-0.2, 0) is 26.0 Å². The highest BCUT2D eigenvalue weighted by molar-refractivity contribution is 9.10. The number of piperazine rings is 1. The van der Waals surface area contributed by atoms with E-state index in [9.17, 15) is 27.6 Å². The zero-order valence-corrected chi connectivity index (χ0v) is 40.9. The summed E-state index contributed by atoms with van der Waals surface area (Å²) in [5.74, 6) is -0.422. The van der Waals surface area contributed by atoms with E-state index in [4.69, 9.17) is 9.72 Å². The lowest BCUT2D eigenvalue weighted by Gasteiger charge is -2.46. The number of carbonyl (C=O) groups excluding carboxylic acids is 4. The van der Waals surface area contributed by atoms with E-state index in [1.807, 2.05) is 24.3 Å². The Morgan fingerprint density at radius 1 is 0.765 bits per heavy atom. The number of aryl methyl sites for hydroxylation is 1. The van der Waals surface area contributed by atoms with E-state index in [-0.39, 0.29) is 18.7 Å². The number of fused-ring (bicyclic) bond motifs is 2. The fourth-order valence-electron chi connectivity index (χ4n) is 11.0. The second kappa shape index (κ2) is 18.6. The number of aromatic nitrogens is 2. The quantitative estimate of drug-likeness (QED) is 0.170. The Bertz CT molecular complexity index is 2790. The van der Waals surface area contributed by atoms with Gasteiger partial charge in [0.15, 0.2) is 0 Å². The second-order valence-corrected chi connectivity index (χ2v) is 21.3. The van der Waals surface area contributed by atoms with Crippen molar-refractivity contribution in [2.24, 2.45) is 0 Å². The predicted molar refractivity (Wildman–Crippen MR) is 263 cm³/mol. The third kappa shape index (κ3) is 8.86. The third-order valence-corrected chi connectivity index (χ3v) is 16.3. The van der Waals surface area contributed by atoms with Crippen molar-refractivity contribution in [3.63, 3.8) is 0 Å². The Labute approximate surface area is 404 Å². The zero-order chi connectivity index (χ0) is 47.4. The first kappa shape index (κ1) is 45.9. The van der Waals surface area contributed by atoms with Crippen LogP contribution in [0, 0.1) is 6.92 Å². The van der Waals surface area contributed by atoms with Gasteiger partial charge in [0.1, 0.15) is 17.6 Å². The molecule has 0 aliphatic carbocycles. The van der Waals surface area contributed by atoms with Crippen LogP contribution in [0.4, 0.5) is 40.2 Å². The number of hydrogen-bond donors (Lipinski definition) is 3. The van der Waals surface area contributed by atoms with Gasteiger partial charge in [0, 0.05) is 101 Å². The van der Waals surface area contributed by atoms with Gasteiger partial charge in [-0.25, -0.2) is 13.4 Å². The number of imide groups is 2. The van der Waals surface area contributed by atoms with Crippen molar-refractivity contribution < 1.29 is 32.3 Å². The average molecular weight is 1010 g/mol. The number of benzene rings is 3. The number of hydrogen-bond acceptors (Lipinski definition) is 15. The molecule has 4 fully saturated rings. The van der Waals surface area contributed by atoms with Crippen molar-refractivity contribution in [3.8, 4) is 5.75 Å². The van der Waals surface area contributed by atoms with Gasteiger partial charge in [-0.05, 0) is 103 Å². The van der Waals surface area contributed by atoms with Crippen molar-refractivity contribution in [2.45, 2.75) is 70.0 Å². The molecule has 1 atom stereocenters. The largest absolute Gasteiger partial charge is 0.494 e. The number of piperidine rings is 3. The second-order valence-electron chi connectivity index (χ2n) is 18.6. The van der Waals surface area contributed by atoms with Crippen LogP contribution in [0.2, 0.25) is 0 Å². The van der Waals surface area contributed by atoms with Crippen LogP contribution in [0.3, 0.4) is 0 Å². The van der Waals surface area contributed by atoms with E-state index >= 15 is 0 Å². The van der Waals surface area contributed by atoms with Crippen LogP contribution in [-0.4, -0.2) is 147 Å². The molecule has 4 amide bonds. The van der Waals surface area contributed by atoms with Crippen molar-refractivity contribution in [1.82, 2.24) is 30.0 Å². The summed E-state index contributed by atoms with van der Waals surface area (Å²) >= 11 is 3.57. The Kier molecular flexibility index (Phi) is 12.6. The standard InChI is InChI=1S/C48H56BrN11O7S/c1-29-25-38(52-48-50-28-36(49)44(54-48)51-37-6-4-5-30-11-20-59(43(30)37)68(3,65)66)41(67-2)27-40(29)58-18-14-32(15-19-58)57-23-21-56(22-24-57)31-12-16-55(17-13-31)33-7-8-34-35(26-33)47(64)60(46(34)63)39-9-10-42(61)53-45(39)62/h4-8,25-28,31-32,39H,9-24H2,1-3H3,(H,53,61,62)(H2,50,51,52,54). The van der Waals surface area contributed by atoms with E-state index in [2.05, 4.69) is 75.5 Å². The van der Waals surface area contributed by atoms with Crippen molar-refractivity contribution in [3.05, 3.63) is 81.5 Å². The molecule has 3 N–H and O–H groups in total. The molecule has 3 aromatic carbocycles. The smallest absolute Gasteiger partial charge is 0.262 e. The van der Waals surface area contributed by atoms with Crippen LogP contribution >= 0.6 is 15.9 Å². The van der Waals surface area contributed by atoms with Gasteiger partial charge in [-0.1, -0.05) is 12.1 Å². The number of methoxy groups -OCH3 is 1. The maximum Gasteiger partial charge on any atom is 0.262 e. The topological polar surface area (TPSA) is 193 Å². The molecule has 1 unspecified atom stereocenters. The van der Waals surface area contributed by atoms with Gasteiger partial charge in [0.25, 0.3) is 11.8 Å². The number of sulfonamides is 1. The van der Waals surface area contributed by atoms with Crippen molar-refractivity contribution >= 4 is 89.8 Å². The fraction of sp³-hybridized carbons (Fsp3) is 0.458. The highest BCUT2D eigenvalue weighted by Crippen LogP contribution is 2.41. The molecule has 18 nitrogen and oxygen atoms in total. The molecular formula is C48H56BrN11O7S. The number of para-hydroxylation sites is 1. The van der Waals surface area contributed by atoms with Crippen LogP contribution in [0.25, 0.3) is 0 Å². The Balaban J connectivity index is 0.708. The molecule has 6 aliphatic rings. The highest BCUT2D eigenvalue weighted by atomic mass is 79.9. The number of nitrogens with zero attached hydrogens (tertiary/aromatic N) is 8. The summed E-state index contributed by atoms with van der Waals surface area (Å²) in [6, 6.07) is 15.3. The monoisotopic (exact) mass is 1010 g/mol. The SMILES string of the molecule is COc1cc(N2CCC(N3CCN(C4CCN(c5ccc6c(c5)C(=O)N(C5CCC(=O)NC5=O)C6=O)CC4)CC3)CC2)c(C)cc1Nc1ncc(Br)c(Nc2cccc3c2N(S(C)(=O)=O)CC3)n1. The molecule has 7 heterocycles. The molecule has 358 valence electrons. The molecule has 10 rings (SSSR count). The number of amides is 4. The summed E-state index contributed by atoms with van der Waals surface area (Å²) in [4.78, 5) is 71.2. The summed E-state index contributed by atoms with van der Waals surface area (Å²) in [6.07, 6.45) is 7.94. The van der Waals surface area contributed by atoms with E-state index in [0.29, 0.717) is 69.5 Å². The molecule has 68 heavy (non-hydrogen) atoms. The minimum atomic E-state index is -3.45. The lowest BCUT2D eigenvalue weighted by Crippen LogP contribution is -2.56. The molecule has 1 aromatic heterocycles. The molecule has 0 radical (unpaired) electrons. The van der Waals surface area contributed by atoms with Gasteiger partial charge < -0.3 is 25.2 Å². The number of nitrogens with one attached hydrogen (secondary N) is 3. The Morgan fingerprint density at radius 2 is 1.44 bits per heavy atom. The van der Waals surface area contributed by atoms with Gasteiger partial charge in [-0.2, -0.15) is 4.98 Å². The van der Waals surface area contributed by atoms with E-state index in [0.717, 1.165) is 111 Å². The average Bonchev–Trinajstić information content (AvgIpc) is 3.89. The lowest BCUT2D eigenvalue weighted by atomic mass is 9.98. The number of halogens is 1. The highest BCUT2D eigenvalue weighted by Gasteiger charge is 2.45. The molecule has 0 spiro atoms. The van der Waals surface area contributed by atoms with Crippen LogP contribution in [0.1, 0.15) is 70.4 Å². The molecule has 0 saturated carbocycles. The number of anilines is 7. The number of ether oxygens (including phenoxy) is 1. The summed E-state index contributed by atoms with van der Waals surface area (Å²) < 4.78 is 33.2. The first-order valence-electron chi connectivity index (χ1n) is 23.4. The van der Waals surface area contributed by atoms with Crippen LogP contribution < -0.4 is 34.8 Å². The summed E-state index contributed by atoms with van der Waals surface area (Å²) in [5, 5.41) is 8.96. The Hall–Kier alpha value is -5.83. The third-order valence-electron chi connectivity index (χ3n) is 14.6. The summed E-state index contributed by atoms with van der Waals surface area (Å²) in [5.41, 5.74) is 6.76. The molecular weight excluding hydrogens is 955 g/mol. The van der Waals surface area contributed by atoms with Crippen LogP contribution in [0.15, 0.2) is 59.2 Å². The van der Waals surface area contributed by atoms with Gasteiger partial charge in [0.2, 0.25) is 27.8 Å². The van der Waals surface area contributed by atoms with Crippen LogP contribution in [0.5, 0.6) is 5.75 Å². The molecule has 4 aromatic rings. The minimum absolute atomic E-state index is 0.0934. The molecule has 20 heteroatoms. The number of rotatable bonds is 11. The first-order chi connectivity index (χ1) is 32.7. The van der Waals surface area contributed by atoms with Crippen molar-refractivity contribution in [2.75, 3.05) is 97.0 Å². The molecule has 6 aliphatic heterocycles. The molecule has 4 saturated heterocycles. The lowest BCUT2D eigenvalue weighted by molar-refractivity contribution is -0.136. The maximum absolute atomic E-state index is 13.4. The van der Waals surface area contributed by atoms with Gasteiger partial charge in [0.05, 0.1) is 46.0 Å². The van der Waals surface area contributed by atoms with Gasteiger partial charge >= 0.3 is 0 Å². The van der Waals surface area contributed by atoms with E-state index in [1.54, 1.807) is 25.4 Å². The first-order valence-corrected chi connectivity index (χ1v) is 26.1. The van der Waals surface area contributed by atoms with Gasteiger partial charge in [-0.15, -0.1) is 0 Å². The summed E-state index contributed by atoms with van der Waals surface area (Å²) in [6.45, 7) is 10.3. The predicted octanol–water partition coefficient (Wildman–Crippen LogP) is 5.02. The van der Waals surface area contributed by atoms with Gasteiger partial charge in [-0.3, -0.25) is 43.5 Å². The Morgan fingerprint density at radius 3 is 2.10 bits per heavy atom. The summed E-state index contributed by atoms with van der Waals surface area (Å²) in [7, 11) is -1.79.